The summed E-state index contributed by atoms with van der Waals surface area (Å²) in [5.41, 5.74) is 6.02. The molecule has 0 N–H and O–H groups in total. The maximum atomic E-state index is 7.58. The third-order valence-corrected chi connectivity index (χ3v) is 22.8. The molecule has 3 aromatic heterocycles. The number of nitrogens with zero attached hydrogens (tertiary/aromatic N) is 3. The Morgan fingerprint density at radius 1 is 0.453 bits per heavy atom. The van der Waals surface area contributed by atoms with Crippen molar-refractivity contribution in [2.45, 2.75) is 0 Å². The standard InChI is InChI=1S/C58H41N3OSi2/c1-5-23-43(24-6-1)63(44-25-7-2-8-26-44,47-31-21-22-42(40-47)49-33-17-19-38-59-49)54-41-51-58(57-56(54)48-32-13-15-35-52(48)62-57)64(45-27-9-3-10-28-45,46-29-11-4-12-30-46)53-36-16-14-34-50(53)61(51)55-37-18-20-39-60-55/h1-41H. The lowest BCUT2D eigenvalue weighted by Crippen LogP contribution is -2.78. The van der Waals surface area contributed by atoms with E-state index >= 15 is 0 Å². The second-order valence-corrected chi connectivity index (χ2v) is 23.9. The van der Waals surface area contributed by atoms with E-state index in [1.54, 1.807) is 0 Å². The third-order valence-electron chi connectivity index (χ3n) is 13.2. The number of para-hydroxylation sites is 2. The first-order chi connectivity index (χ1) is 31.8. The summed E-state index contributed by atoms with van der Waals surface area (Å²) >= 11 is 0. The molecule has 302 valence electrons. The molecule has 1 aliphatic heterocycles. The number of hydrogen-bond donors (Lipinski definition) is 0. The van der Waals surface area contributed by atoms with E-state index in [1.165, 1.54) is 41.5 Å². The van der Waals surface area contributed by atoms with Crippen molar-refractivity contribution in [1.82, 2.24) is 9.97 Å². The molecule has 6 heteroatoms. The molecular weight excluding hydrogens is 811 g/mol. The van der Waals surface area contributed by atoms with Crippen LogP contribution in [0.15, 0.2) is 253 Å². The van der Waals surface area contributed by atoms with Gasteiger partial charge >= 0.3 is 0 Å². The molecule has 12 rings (SSSR count). The average Bonchev–Trinajstić information content (AvgIpc) is 3.77. The molecule has 0 amide bonds. The first-order valence-corrected chi connectivity index (χ1v) is 25.8. The van der Waals surface area contributed by atoms with Gasteiger partial charge < -0.3 is 4.42 Å². The number of fused-ring (bicyclic) bond motifs is 6. The smallest absolute Gasteiger partial charge is 0.188 e. The van der Waals surface area contributed by atoms with E-state index in [4.69, 9.17) is 14.4 Å². The Morgan fingerprint density at radius 2 is 1.03 bits per heavy atom. The largest absolute Gasteiger partial charge is 0.456 e. The van der Waals surface area contributed by atoms with E-state index < -0.39 is 16.1 Å². The third kappa shape index (κ3) is 5.66. The molecule has 4 nitrogen and oxygen atoms in total. The lowest BCUT2D eigenvalue weighted by molar-refractivity contribution is 0.671. The van der Waals surface area contributed by atoms with Gasteiger partial charge in [0.15, 0.2) is 16.1 Å². The zero-order chi connectivity index (χ0) is 42.5. The molecule has 0 unspecified atom stereocenters. The summed E-state index contributed by atoms with van der Waals surface area (Å²) in [6.07, 6.45) is 3.79. The van der Waals surface area contributed by atoms with Crippen molar-refractivity contribution in [1.29, 1.82) is 0 Å². The lowest BCUT2D eigenvalue weighted by atomic mass is 10.1. The van der Waals surface area contributed by atoms with Gasteiger partial charge in [-0.25, -0.2) is 4.98 Å². The van der Waals surface area contributed by atoms with Crippen LogP contribution < -0.4 is 46.4 Å². The molecule has 0 atom stereocenters. The second kappa shape index (κ2) is 15.5. The summed E-state index contributed by atoms with van der Waals surface area (Å²) in [7, 11) is -6.52. The number of hydrogen-bond acceptors (Lipinski definition) is 4. The molecule has 4 heterocycles. The minimum Gasteiger partial charge on any atom is -0.456 e. The average molecular weight is 852 g/mol. The fourth-order valence-corrected chi connectivity index (χ4v) is 20.8. The molecule has 0 fully saturated rings. The molecule has 0 radical (unpaired) electrons. The summed E-state index contributed by atoms with van der Waals surface area (Å²) in [6, 6.07) is 86.7. The first kappa shape index (κ1) is 37.8. The summed E-state index contributed by atoms with van der Waals surface area (Å²) in [6.45, 7) is 0. The molecule has 0 bridgehead atoms. The van der Waals surface area contributed by atoms with E-state index in [9.17, 15) is 0 Å². The fraction of sp³-hybridized carbons (Fsp3) is 0. The highest BCUT2D eigenvalue weighted by Crippen LogP contribution is 2.41. The predicted molar refractivity (Wildman–Crippen MR) is 270 cm³/mol. The van der Waals surface area contributed by atoms with Gasteiger partial charge in [0, 0.05) is 39.6 Å². The van der Waals surface area contributed by atoms with E-state index in [0.29, 0.717) is 0 Å². The summed E-state index contributed by atoms with van der Waals surface area (Å²) in [4.78, 5) is 12.4. The van der Waals surface area contributed by atoms with Crippen molar-refractivity contribution >= 4 is 96.8 Å². The normalized spacial score (nSPS) is 13.1. The Balaban J connectivity index is 1.34. The molecule has 0 saturated heterocycles. The highest BCUT2D eigenvalue weighted by molar-refractivity contribution is 7.23. The summed E-state index contributed by atoms with van der Waals surface area (Å²) in [5.74, 6) is 0.852. The van der Waals surface area contributed by atoms with E-state index in [-0.39, 0.29) is 0 Å². The van der Waals surface area contributed by atoms with Gasteiger partial charge in [-0.15, -0.1) is 0 Å². The van der Waals surface area contributed by atoms with Gasteiger partial charge in [-0.1, -0.05) is 194 Å². The van der Waals surface area contributed by atoms with E-state index in [2.05, 4.69) is 229 Å². The van der Waals surface area contributed by atoms with Crippen LogP contribution in [0.1, 0.15) is 0 Å². The van der Waals surface area contributed by atoms with Crippen LogP contribution in [0.25, 0.3) is 33.2 Å². The van der Waals surface area contributed by atoms with Gasteiger partial charge in [0.2, 0.25) is 0 Å². The van der Waals surface area contributed by atoms with Crippen molar-refractivity contribution in [2.75, 3.05) is 4.90 Å². The molecule has 64 heavy (non-hydrogen) atoms. The van der Waals surface area contributed by atoms with Gasteiger partial charge in [0.25, 0.3) is 0 Å². The SMILES string of the molecule is c1ccc([Si]2(c3ccccc3)c3ccccc3N(c3ccccn3)c3cc([Si](c4ccccc4)(c4ccccc4)c4cccc(-c5ccccn5)c4)c4c(oc5ccccc54)c32)cc1. The van der Waals surface area contributed by atoms with Crippen LogP contribution in [0, 0.1) is 0 Å². The summed E-state index contributed by atoms with van der Waals surface area (Å²) < 4.78 is 7.58. The van der Waals surface area contributed by atoms with Gasteiger partial charge in [-0.05, 0) is 78.8 Å². The number of aromatic nitrogens is 2. The van der Waals surface area contributed by atoms with Crippen LogP contribution in [-0.4, -0.2) is 26.1 Å². The Bertz CT molecular complexity index is 3360. The van der Waals surface area contributed by atoms with Gasteiger partial charge in [-0.2, -0.15) is 0 Å². The van der Waals surface area contributed by atoms with Crippen LogP contribution in [-0.2, 0) is 0 Å². The molecule has 8 aromatic carbocycles. The van der Waals surface area contributed by atoms with Crippen LogP contribution in [0.3, 0.4) is 0 Å². The Hall–Kier alpha value is -7.91. The highest BCUT2D eigenvalue weighted by atomic mass is 28.3. The number of anilines is 3. The topological polar surface area (TPSA) is 42.2 Å². The fourth-order valence-electron chi connectivity index (χ4n) is 10.6. The summed E-state index contributed by atoms with van der Waals surface area (Å²) in [5, 5.41) is 12.4. The van der Waals surface area contributed by atoms with Gasteiger partial charge in [-0.3, -0.25) is 9.88 Å². The van der Waals surface area contributed by atoms with Crippen LogP contribution in [0.4, 0.5) is 17.2 Å². The van der Waals surface area contributed by atoms with Crippen molar-refractivity contribution < 1.29 is 4.42 Å². The molecular formula is C58H41N3OSi2. The van der Waals surface area contributed by atoms with Crippen LogP contribution in [0.5, 0.6) is 0 Å². The van der Waals surface area contributed by atoms with E-state index in [0.717, 1.165) is 50.4 Å². The molecule has 0 saturated carbocycles. The van der Waals surface area contributed by atoms with Gasteiger partial charge in [0.05, 0.1) is 11.4 Å². The number of rotatable bonds is 8. The molecule has 0 aliphatic carbocycles. The predicted octanol–water partition coefficient (Wildman–Crippen LogP) is 8.58. The number of pyridine rings is 2. The lowest BCUT2D eigenvalue weighted by Gasteiger charge is -2.45. The Morgan fingerprint density at radius 3 is 1.69 bits per heavy atom. The monoisotopic (exact) mass is 851 g/mol. The zero-order valence-corrected chi connectivity index (χ0v) is 36.9. The maximum Gasteiger partial charge on any atom is 0.188 e. The zero-order valence-electron chi connectivity index (χ0n) is 34.9. The number of benzene rings is 8. The highest BCUT2D eigenvalue weighted by Gasteiger charge is 2.53. The molecule has 0 spiro atoms. The van der Waals surface area contributed by atoms with Crippen molar-refractivity contribution in [3.8, 4) is 11.3 Å². The Labute approximate surface area is 374 Å². The second-order valence-electron chi connectivity index (χ2n) is 16.4. The molecule has 11 aromatic rings. The van der Waals surface area contributed by atoms with E-state index in [1.807, 2.05) is 24.5 Å². The molecule has 1 aliphatic rings. The van der Waals surface area contributed by atoms with Gasteiger partial charge in [0.1, 0.15) is 17.0 Å². The van der Waals surface area contributed by atoms with Crippen molar-refractivity contribution in [2.24, 2.45) is 0 Å². The van der Waals surface area contributed by atoms with Crippen LogP contribution in [0.2, 0.25) is 0 Å². The van der Waals surface area contributed by atoms with Crippen molar-refractivity contribution in [3.63, 3.8) is 0 Å². The first-order valence-electron chi connectivity index (χ1n) is 21.8. The van der Waals surface area contributed by atoms with Crippen LogP contribution >= 0.6 is 0 Å². The minimum absolute atomic E-state index is 0.852. The maximum absolute atomic E-state index is 7.58. The Kier molecular flexibility index (Phi) is 9.14. The minimum atomic E-state index is -3.32. The number of furan rings is 1. The van der Waals surface area contributed by atoms with Crippen molar-refractivity contribution in [3.05, 3.63) is 249 Å². The quantitative estimate of drug-likeness (QED) is 0.114.